The van der Waals surface area contributed by atoms with Gasteiger partial charge in [0, 0.05) is 17.7 Å². The predicted octanol–water partition coefficient (Wildman–Crippen LogP) is 3.38. The first-order valence-corrected chi connectivity index (χ1v) is 9.75. The van der Waals surface area contributed by atoms with Gasteiger partial charge in [0.05, 0.1) is 16.2 Å². The molecule has 0 saturated carbocycles. The SMILES string of the molecule is O=C1NC(=S)N(c2ccc(C(=O)O)cc2)C(=O)/C1=C\c1ccc(-c2ccc([N+](=O)[O-])cc2)o1. The number of nitro groups is 1. The number of carbonyl (C=O) groups excluding carboxylic acids is 2. The Bertz CT molecular complexity index is 1340. The fourth-order valence-electron chi connectivity index (χ4n) is 3.12. The van der Waals surface area contributed by atoms with Crippen LogP contribution < -0.4 is 10.2 Å². The highest BCUT2D eigenvalue weighted by Crippen LogP contribution is 2.27. The Labute approximate surface area is 190 Å². The maximum atomic E-state index is 13.0. The molecule has 1 aliphatic heterocycles. The quantitative estimate of drug-likeness (QED) is 0.193. The van der Waals surface area contributed by atoms with Crippen molar-refractivity contribution >= 4 is 52.6 Å². The summed E-state index contributed by atoms with van der Waals surface area (Å²) in [5.41, 5.74) is 0.585. The number of anilines is 1. The third-order valence-electron chi connectivity index (χ3n) is 4.75. The van der Waals surface area contributed by atoms with E-state index in [1.54, 1.807) is 12.1 Å². The molecule has 0 aliphatic carbocycles. The summed E-state index contributed by atoms with van der Waals surface area (Å²) in [6, 6.07) is 14.3. The highest BCUT2D eigenvalue weighted by Gasteiger charge is 2.34. The molecule has 10 nitrogen and oxygen atoms in total. The second kappa shape index (κ2) is 8.48. The van der Waals surface area contributed by atoms with Crippen molar-refractivity contribution in [3.05, 3.63) is 87.7 Å². The number of carboxylic acids is 1. The van der Waals surface area contributed by atoms with Crippen molar-refractivity contribution in [1.82, 2.24) is 5.32 Å². The molecule has 1 saturated heterocycles. The zero-order valence-corrected chi connectivity index (χ0v) is 17.4. The van der Waals surface area contributed by atoms with Gasteiger partial charge >= 0.3 is 5.97 Å². The van der Waals surface area contributed by atoms with E-state index in [2.05, 4.69) is 5.32 Å². The molecule has 1 fully saturated rings. The van der Waals surface area contributed by atoms with Crippen LogP contribution in [0.5, 0.6) is 0 Å². The molecule has 0 spiro atoms. The first-order valence-electron chi connectivity index (χ1n) is 9.34. The lowest BCUT2D eigenvalue weighted by Crippen LogP contribution is -2.54. The van der Waals surface area contributed by atoms with Gasteiger partial charge in [-0.1, -0.05) is 0 Å². The van der Waals surface area contributed by atoms with E-state index in [1.165, 1.54) is 54.6 Å². The monoisotopic (exact) mass is 463 g/mol. The summed E-state index contributed by atoms with van der Waals surface area (Å²) in [6.07, 6.45) is 1.26. The van der Waals surface area contributed by atoms with Crippen molar-refractivity contribution in [2.45, 2.75) is 0 Å². The van der Waals surface area contributed by atoms with Gasteiger partial charge in [-0.3, -0.25) is 29.9 Å². The van der Waals surface area contributed by atoms with Crippen LogP contribution in [0.4, 0.5) is 11.4 Å². The predicted molar refractivity (Wildman–Crippen MR) is 120 cm³/mol. The summed E-state index contributed by atoms with van der Waals surface area (Å²) in [5, 5.41) is 22.1. The van der Waals surface area contributed by atoms with Crippen LogP contribution in [0.2, 0.25) is 0 Å². The molecule has 0 bridgehead atoms. The van der Waals surface area contributed by atoms with Crippen molar-refractivity contribution < 1.29 is 28.8 Å². The van der Waals surface area contributed by atoms with Gasteiger partial charge in [0.1, 0.15) is 17.1 Å². The number of benzene rings is 2. The molecule has 4 rings (SSSR count). The summed E-state index contributed by atoms with van der Waals surface area (Å²) >= 11 is 5.12. The molecule has 1 aliphatic rings. The van der Waals surface area contributed by atoms with Gasteiger partial charge in [-0.2, -0.15) is 0 Å². The van der Waals surface area contributed by atoms with Crippen LogP contribution in [-0.2, 0) is 9.59 Å². The van der Waals surface area contributed by atoms with E-state index in [4.69, 9.17) is 21.7 Å². The van der Waals surface area contributed by atoms with Crippen molar-refractivity contribution in [1.29, 1.82) is 0 Å². The second-order valence-corrected chi connectivity index (χ2v) is 7.20. The Balaban J connectivity index is 1.62. The first-order chi connectivity index (χ1) is 15.7. The fourth-order valence-corrected chi connectivity index (χ4v) is 3.40. The number of aromatic carboxylic acids is 1. The van der Waals surface area contributed by atoms with Crippen molar-refractivity contribution in [3.8, 4) is 11.3 Å². The average molecular weight is 463 g/mol. The van der Waals surface area contributed by atoms with Crippen LogP contribution in [0.1, 0.15) is 16.1 Å². The average Bonchev–Trinajstić information content (AvgIpc) is 3.25. The Morgan fingerprint density at radius 1 is 1.06 bits per heavy atom. The van der Waals surface area contributed by atoms with E-state index >= 15 is 0 Å². The number of nitro benzene ring substituents is 1. The normalized spacial score (nSPS) is 15.0. The van der Waals surface area contributed by atoms with Gasteiger partial charge in [-0.15, -0.1) is 0 Å². The summed E-state index contributed by atoms with van der Waals surface area (Å²) < 4.78 is 5.68. The zero-order valence-electron chi connectivity index (χ0n) is 16.6. The van der Waals surface area contributed by atoms with Crippen LogP contribution in [0.3, 0.4) is 0 Å². The fraction of sp³-hybridized carbons (Fsp3) is 0. The zero-order chi connectivity index (χ0) is 23.7. The Morgan fingerprint density at radius 2 is 1.73 bits per heavy atom. The third kappa shape index (κ3) is 4.25. The molecule has 1 aromatic heterocycles. The molecule has 2 aromatic carbocycles. The molecule has 33 heavy (non-hydrogen) atoms. The maximum absolute atomic E-state index is 13.0. The Morgan fingerprint density at radius 3 is 2.33 bits per heavy atom. The number of carbonyl (C=O) groups is 3. The van der Waals surface area contributed by atoms with Gasteiger partial charge in [0.2, 0.25) is 0 Å². The Kier molecular flexibility index (Phi) is 5.54. The molecule has 11 heteroatoms. The summed E-state index contributed by atoms with van der Waals surface area (Å²) in [7, 11) is 0. The molecular weight excluding hydrogens is 450 g/mol. The Hall–Kier alpha value is -4.64. The standard InChI is InChI=1S/C22H13N3O7S/c26-19-17(11-16-9-10-18(32-16)12-1-7-15(8-2-12)25(30)31)20(27)24(22(33)23-19)14-5-3-13(4-6-14)21(28)29/h1-11H,(H,28,29)(H,23,26,33)/b17-11-. The molecule has 0 atom stereocenters. The minimum Gasteiger partial charge on any atom is -0.478 e. The van der Waals surface area contributed by atoms with Crippen molar-refractivity contribution in [2.24, 2.45) is 0 Å². The summed E-state index contributed by atoms with van der Waals surface area (Å²) in [6.45, 7) is 0. The van der Waals surface area contributed by atoms with Crippen LogP contribution in [-0.4, -0.2) is 32.9 Å². The largest absolute Gasteiger partial charge is 0.478 e. The molecule has 0 radical (unpaired) electrons. The van der Waals surface area contributed by atoms with E-state index in [9.17, 15) is 24.5 Å². The number of amides is 2. The lowest BCUT2D eigenvalue weighted by atomic mass is 10.1. The number of hydrogen-bond acceptors (Lipinski definition) is 7. The lowest BCUT2D eigenvalue weighted by molar-refractivity contribution is -0.384. The number of non-ortho nitro benzene ring substituents is 1. The van der Waals surface area contributed by atoms with Crippen LogP contribution in [0, 0.1) is 10.1 Å². The first kappa shape index (κ1) is 21.6. The molecule has 2 heterocycles. The molecule has 164 valence electrons. The van der Waals surface area contributed by atoms with E-state index in [0.29, 0.717) is 11.3 Å². The number of hydrogen-bond donors (Lipinski definition) is 2. The maximum Gasteiger partial charge on any atom is 0.335 e. The van der Waals surface area contributed by atoms with Gasteiger partial charge in [-0.05, 0) is 66.8 Å². The van der Waals surface area contributed by atoms with E-state index in [1.807, 2.05) is 0 Å². The number of rotatable bonds is 5. The smallest absolute Gasteiger partial charge is 0.335 e. The van der Waals surface area contributed by atoms with Gasteiger partial charge in [-0.25, -0.2) is 4.79 Å². The number of carboxylic acid groups (broad SMARTS) is 1. The van der Waals surface area contributed by atoms with Gasteiger partial charge in [0.15, 0.2) is 5.11 Å². The van der Waals surface area contributed by atoms with Crippen molar-refractivity contribution in [3.63, 3.8) is 0 Å². The van der Waals surface area contributed by atoms with E-state index in [0.717, 1.165) is 4.90 Å². The van der Waals surface area contributed by atoms with Crippen molar-refractivity contribution in [2.75, 3.05) is 4.90 Å². The molecule has 0 unspecified atom stereocenters. The number of furan rings is 1. The van der Waals surface area contributed by atoms with Crippen LogP contribution in [0.15, 0.2) is 70.7 Å². The highest BCUT2D eigenvalue weighted by molar-refractivity contribution is 7.80. The minimum absolute atomic E-state index is 0.0308. The molecule has 2 amide bonds. The third-order valence-corrected chi connectivity index (χ3v) is 5.03. The topological polar surface area (TPSA) is 143 Å². The number of thiocarbonyl (C=S) groups is 1. The highest BCUT2D eigenvalue weighted by atomic mass is 32.1. The summed E-state index contributed by atoms with van der Waals surface area (Å²) in [5.74, 6) is -1.95. The number of nitrogens with zero attached hydrogens (tertiary/aromatic N) is 2. The minimum atomic E-state index is -1.12. The second-order valence-electron chi connectivity index (χ2n) is 6.82. The van der Waals surface area contributed by atoms with Crippen LogP contribution in [0.25, 0.3) is 17.4 Å². The summed E-state index contributed by atoms with van der Waals surface area (Å²) in [4.78, 5) is 47.9. The van der Waals surface area contributed by atoms with Gasteiger partial charge < -0.3 is 9.52 Å². The lowest BCUT2D eigenvalue weighted by Gasteiger charge is -2.28. The van der Waals surface area contributed by atoms with Gasteiger partial charge in [0.25, 0.3) is 17.5 Å². The molecule has 3 aromatic rings. The number of nitrogens with one attached hydrogen (secondary N) is 1. The van der Waals surface area contributed by atoms with E-state index in [-0.39, 0.29) is 33.4 Å². The molecule has 2 N–H and O–H groups in total. The van der Waals surface area contributed by atoms with Crippen LogP contribution >= 0.6 is 12.2 Å². The van der Waals surface area contributed by atoms with E-state index < -0.39 is 22.7 Å². The molecular formula is C22H13N3O7S.